The second-order valence-electron chi connectivity index (χ2n) is 4.29. The Labute approximate surface area is 107 Å². The van der Waals surface area contributed by atoms with Crippen LogP contribution in [0.25, 0.3) is 0 Å². The van der Waals surface area contributed by atoms with Crippen LogP contribution in [0.3, 0.4) is 0 Å². The Kier molecular flexibility index (Phi) is 3.41. The standard InChI is InChI=1S/C11H11N3O5/c15-12-10-3-1-2-8(10)9-5-4-7(13(16)17)6-11(9)14(18)19/h4-6,8,15H,1-3H2/b12-10+. The van der Waals surface area contributed by atoms with Crippen LogP contribution < -0.4 is 0 Å². The minimum atomic E-state index is -0.674. The molecule has 1 unspecified atom stereocenters. The van der Waals surface area contributed by atoms with Gasteiger partial charge in [-0.05, 0) is 25.3 Å². The highest BCUT2D eigenvalue weighted by Crippen LogP contribution is 2.38. The molecule has 1 aliphatic carbocycles. The van der Waals surface area contributed by atoms with Gasteiger partial charge >= 0.3 is 0 Å². The van der Waals surface area contributed by atoms with Crippen molar-refractivity contribution in [2.24, 2.45) is 5.16 Å². The van der Waals surface area contributed by atoms with Crippen LogP contribution in [0.2, 0.25) is 0 Å². The second-order valence-corrected chi connectivity index (χ2v) is 4.29. The van der Waals surface area contributed by atoms with Crippen molar-refractivity contribution in [1.29, 1.82) is 0 Å². The van der Waals surface area contributed by atoms with Crippen LogP contribution in [0, 0.1) is 20.2 Å². The Morgan fingerprint density at radius 1 is 1.26 bits per heavy atom. The molecule has 0 aliphatic heterocycles. The van der Waals surface area contributed by atoms with E-state index in [9.17, 15) is 20.2 Å². The lowest BCUT2D eigenvalue weighted by atomic mass is 9.94. The fourth-order valence-electron chi connectivity index (χ4n) is 2.38. The van der Waals surface area contributed by atoms with Crippen molar-refractivity contribution in [2.75, 3.05) is 0 Å². The molecule has 0 radical (unpaired) electrons. The summed E-state index contributed by atoms with van der Waals surface area (Å²) < 4.78 is 0. The molecule has 2 rings (SSSR count). The number of hydrogen-bond donors (Lipinski definition) is 1. The van der Waals surface area contributed by atoms with Gasteiger partial charge in [-0.25, -0.2) is 0 Å². The third kappa shape index (κ3) is 2.37. The summed E-state index contributed by atoms with van der Waals surface area (Å²) >= 11 is 0. The zero-order chi connectivity index (χ0) is 14.0. The highest BCUT2D eigenvalue weighted by molar-refractivity contribution is 5.93. The van der Waals surface area contributed by atoms with Crippen molar-refractivity contribution in [3.8, 4) is 0 Å². The minimum absolute atomic E-state index is 0.303. The lowest BCUT2D eigenvalue weighted by molar-refractivity contribution is -0.394. The Morgan fingerprint density at radius 3 is 2.58 bits per heavy atom. The number of non-ortho nitro benzene ring substituents is 1. The molecule has 8 nitrogen and oxygen atoms in total. The monoisotopic (exact) mass is 265 g/mol. The average molecular weight is 265 g/mol. The molecule has 1 aliphatic rings. The molecular weight excluding hydrogens is 254 g/mol. The Bertz CT molecular complexity index is 569. The van der Waals surface area contributed by atoms with Crippen molar-refractivity contribution in [1.82, 2.24) is 0 Å². The highest BCUT2D eigenvalue weighted by atomic mass is 16.6. The predicted octanol–water partition coefficient (Wildman–Crippen LogP) is 2.60. The number of benzene rings is 1. The van der Waals surface area contributed by atoms with Gasteiger partial charge in [-0.2, -0.15) is 0 Å². The molecule has 1 aromatic carbocycles. The number of rotatable bonds is 3. The van der Waals surface area contributed by atoms with Gasteiger partial charge in [-0.3, -0.25) is 20.2 Å². The van der Waals surface area contributed by atoms with Gasteiger partial charge in [-0.15, -0.1) is 0 Å². The topological polar surface area (TPSA) is 119 Å². The number of nitrogens with zero attached hydrogens (tertiary/aromatic N) is 3. The second kappa shape index (κ2) is 5.01. The molecule has 0 bridgehead atoms. The molecule has 8 heteroatoms. The van der Waals surface area contributed by atoms with E-state index in [-0.39, 0.29) is 17.3 Å². The SMILES string of the molecule is O=[N+]([O-])c1ccc(C2CCC/C2=N\O)c([N+](=O)[O-])c1. The maximum Gasteiger partial charge on any atom is 0.280 e. The van der Waals surface area contributed by atoms with Crippen LogP contribution >= 0.6 is 0 Å². The van der Waals surface area contributed by atoms with E-state index < -0.39 is 9.85 Å². The molecule has 0 amide bonds. The Balaban J connectivity index is 2.51. The Hall–Kier alpha value is -2.51. The first-order valence-electron chi connectivity index (χ1n) is 5.68. The first-order chi connectivity index (χ1) is 9.04. The van der Waals surface area contributed by atoms with E-state index in [1.54, 1.807) is 0 Å². The van der Waals surface area contributed by atoms with Crippen molar-refractivity contribution >= 4 is 17.1 Å². The molecule has 0 saturated heterocycles. The van der Waals surface area contributed by atoms with Gasteiger partial charge in [0, 0.05) is 17.5 Å². The van der Waals surface area contributed by atoms with Crippen LogP contribution in [0.5, 0.6) is 0 Å². The van der Waals surface area contributed by atoms with Crippen LogP contribution in [-0.4, -0.2) is 20.8 Å². The van der Waals surface area contributed by atoms with Gasteiger partial charge in [0.2, 0.25) is 0 Å². The summed E-state index contributed by atoms with van der Waals surface area (Å²) in [6, 6.07) is 3.55. The van der Waals surface area contributed by atoms with E-state index in [0.29, 0.717) is 24.1 Å². The minimum Gasteiger partial charge on any atom is -0.411 e. The maximum atomic E-state index is 11.0. The van der Waals surface area contributed by atoms with Crippen molar-refractivity contribution in [3.63, 3.8) is 0 Å². The van der Waals surface area contributed by atoms with Crippen LogP contribution in [0.1, 0.15) is 30.7 Å². The molecule has 0 aromatic heterocycles. The maximum absolute atomic E-state index is 11.0. The molecule has 100 valence electrons. The quantitative estimate of drug-likeness (QED) is 0.511. The average Bonchev–Trinajstić information content (AvgIpc) is 2.85. The third-order valence-corrected chi connectivity index (χ3v) is 3.25. The smallest absolute Gasteiger partial charge is 0.280 e. The summed E-state index contributed by atoms with van der Waals surface area (Å²) in [5.41, 5.74) is 0.219. The van der Waals surface area contributed by atoms with E-state index in [4.69, 9.17) is 5.21 Å². The van der Waals surface area contributed by atoms with Gasteiger partial charge in [0.05, 0.1) is 21.6 Å². The fraction of sp³-hybridized carbons (Fsp3) is 0.364. The lowest BCUT2D eigenvalue weighted by Gasteiger charge is -2.10. The Morgan fingerprint density at radius 2 is 2.00 bits per heavy atom. The molecule has 1 atom stereocenters. The van der Waals surface area contributed by atoms with Crippen molar-refractivity contribution in [3.05, 3.63) is 44.0 Å². The molecule has 1 N–H and O–H groups in total. The van der Waals surface area contributed by atoms with E-state index in [2.05, 4.69) is 5.16 Å². The molecule has 1 fully saturated rings. The molecule has 1 saturated carbocycles. The van der Waals surface area contributed by atoms with Crippen molar-refractivity contribution in [2.45, 2.75) is 25.2 Å². The molecule has 0 spiro atoms. The van der Waals surface area contributed by atoms with Gasteiger partial charge in [0.25, 0.3) is 11.4 Å². The predicted molar refractivity (Wildman–Crippen MR) is 65.6 cm³/mol. The molecule has 0 heterocycles. The zero-order valence-electron chi connectivity index (χ0n) is 9.85. The van der Waals surface area contributed by atoms with E-state index in [1.165, 1.54) is 12.1 Å². The number of oxime groups is 1. The summed E-state index contributed by atoms with van der Waals surface area (Å²) in [5, 5.41) is 33.7. The summed E-state index contributed by atoms with van der Waals surface area (Å²) in [6.45, 7) is 0. The van der Waals surface area contributed by atoms with Crippen LogP contribution in [0.4, 0.5) is 11.4 Å². The largest absolute Gasteiger partial charge is 0.411 e. The summed E-state index contributed by atoms with van der Waals surface area (Å²) in [6.07, 6.45) is 1.99. The van der Waals surface area contributed by atoms with Gasteiger partial charge in [0.1, 0.15) is 0 Å². The molecular formula is C11H11N3O5. The number of hydrogen-bond acceptors (Lipinski definition) is 6. The van der Waals surface area contributed by atoms with Crippen molar-refractivity contribution < 1.29 is 15.1 Å². The highest BCUT2D eigenvalue weighted by Gasteiger charge is 2.31. The van der Waals surface area contributed by atoms with Gasteiger partial charge in [0.15, 0.2) is 0 Å². The first kappa shape index (κ1) is 12.9. The fourth-order valence-corrected chi connectivity index (χ4v) is 2.38. The molecule has 1 aromatic rings. The van der Waals surface area contributed by atoms with E-state index in [0.717, 1.165) is 12.5 Å². The summed E-state index contributed by atoms with van der Waals surface area (Å²) in [5.74, 6) is -0.341. The van der Waals surface area contributed by atoms with Gasteiger partial charge < -0.3 is 5.21 Å². The summed E-state index contributed by atoms with van der Waals surface area (Å²) in [4.78, 5) is 20.4. The third-order valence-electron chi connectivity index (χ3n) is 3.25. The normalized spacial score (nSPS) is 20.6. The molecule has 19 heavy (non-hydrogen) atoms. The zero-order valence-corrected chi connectivity index (χ0v) is 9.85. The number of nitro groups is 2. The summed E-state index contributed by atoms with van der Waals surface area (Å²) in [7, 11) is 0. The number of nitro benzene ring substituents is 2. The van der Waals surface area contributed by atoms with Crippen LogP contribution in [0.15, 0.2) is 23.4 Å². The van der Waals surface area contributed by atoms with Gasteiger partial charge in [-0.1, -0.05) is 5.16 Å². The lowest BCUT2D eigenvalue weighted by Crippen LogP contribution is -2.08. The van der Waals surface area contributed by atoms with E-state index >= 15 is 0 Å². The van der Waals surface area contributed by atoms with E-state index in [1.807, 2.05) is 0 Å². The first-order valence-corrected chi connectivity index (χ1v) is 5.68. The van der Waals surface area contributed by atoms with Crippen LogP contribution in [-0.2, 0) is 0 Å².